The molecule has 2 heterocycles. The van der Waals surface area contributed by atoms with Gasteiger partial charge in [-0.15, -0.1) is 0 Å². The minimum absolute atomic E-state index is 0.243. The molecule has 4 aromatic rings. The van der Waals surface area contributed by atoms with Gasteiger partial charge in [0.1, 0.15) is 6.04 Å². The van der Waals surface area contributed by atoms with E-state index in [-0.39, 0.29) is 5.91 Å². The van der Waals surface area contributed by atoms with Crippen molar-refractivity contribution >= 4 is 17.0 Å². The zero-order chi connectivity index (χ0) is 21.3. The van der Waals surface area contributed by atoms with Gasteiger partial charge < -0.3 is 9.73 Å². The first-order valence-corrected chi connectivity index (χ1v) is 9.89. The first-order valence-electron chi connectivity index (χ1n) is 9.89. The molecular weight excluding hydrogens is 380 g/mol. The molecule has 0 radical (unpaired) electrons. The van der Waals surface area contributed by atoms with E-state index in [4.69, 9.17) is 4.42 Å². The second-order valence-corrected chi connectivity index (χ2v) is 7.50. The molecule has 4 rings (SSSR count). The summed E-state index contributed by atoms with van der Waals surface area (Å²) in [4.78, 5) is 24.9. The van der Waals surface area contributed by atoms with Crippen LogP contribution in [0.1, 0.15) is 35.5 Å². The van der Waals surface area contributed by atoms with E-state index in [1.807, 2.05) is 48.9 Å². The lowest BCUT2D eigenvalue weighted by atomic mass is 10.1. The Morgan fingerprint density at radius 3 is 2.63 bits per heavy atom. The van der Waals surface area contributed by atoms with E-state index < -0.39 is 11.8 Å². The van der Waals surface area contributed by atoms with E-state index >= 15 is 0 Å². The number of para-hydroxylation sites is 2. The van der Waals surface area contributed by atoms with Crippen LogP contribution < -0.4 is 11.1 Å². The third-order valence-electron chi connectivity index (χ3n) is 5.18. The number of rotatable bonds is 6. The molecule has 0 spiro atoms. The van der Waals surface area contributed by atoms with Crippen LogP contribution in [-0.4, -0.2) is 20.3 Å². The number of amides is 1. The smallest absolute Gasteiger partial charge is 0.408 e. The molecule has 1 atom stereocenters. The fourth-order valence-electron chi connectivity index (χ4n) is 3.65. The number of nitrogens with one attached hydrogen (secondary N) is 1. The normalized spacial score (nSPS) is 12.2. The SMILES string of the molecule is Cc1cc(C)n(Cc2cccc(CNC(=O)C(C)n3c(=O)oc4ccccc43)c2)n1. The summed E-state index contributed by atoms with van der Waals surface area (Å²) in [6.45, 7) is 6.75. The molecule has 0 aliphatic carbocycles. The molecule has 30 heavy (non-hydrogen) atoms. The van der Waals surface area contributed by atoms with Crippen LogP contribution in [0.25, 0.3) is 11.1 Å². The van der Waals surface area contributed by atoms with Crippen molar-refractivity contribution in [1.82, 2.24) is 19.7 Å². The predicted octanol–water partition coefficient (Wildman–Crippen LogP) is 3.33. The van der Waals surface area contributed by atoms with E-state index in [0.717, 1.165) is 22.5 Å². The number of hydrogen-bond donors (Lipinski definition) is 1. The summed E-state index contributed by atoms with van der Waals surface area (Å²) in [5, 5.41) is 7.42. The lowest BCUT2D eigenvalue weighted by molar-refractivity contribution is -0.124. The summed E-state index contributed by atoms with van der Waals surface area (Å²) in [7, 11) is 0. The van der Waals surface area contributed by atoms with Gasteiger partial charge in [0.05, 0.1) is 17.8 Å². The van der Waals surface area contributed by atoms with Crippen molar-refractivity contribution in [3.63, 3.8) is 0 Å². The van der Waals surface area contributed by atoms with E-state index in [2.05, 4.69) is 16.5 Å². The molecule has 7 nitrogen and oxygen atoms in total. The Morgan fingerprint density at radius 2 is 1.87 bits per heavy atom. The van der Waals surface area contributed by atoms with Gasteiger partial charge >= 0.3 is 5.76 Å². The molecule has 0 saturated heterocycles. The van der Waals surface area contributed by atoms with Gasteiger partial charge in [0.15, 0.2) is 5.58 Å². The molecule has 0 aliphatic rings. The van der Waals surface area contributed by atoms with Gasteiger partial charge in [-0.3, -0.25) is 14.0 Å². The molecule has 1 amide bonds. The van der Waals surface area contributed by atoms with Gasteiger partial charge in [-0.1, -0.05) is 36.4 Å². The molecule has 154 valence electrons. The highest BCUT2D eigenvalue weighted by Crippen LogP contribution is 2.17. The Hall–Kier alpha value is -3.61. The van der Waals surface area contributed by atoms with Crippen LogP contribution in [0.3, 0.4) is 0 Å². The third kappa shape index (κ3) is 3.91. The van der Waals surface area contributed by atoms with Gasteiger partial charge in [0.25, 0.3) is 0 Å². The largest absolute Gasteiger partial charge is 0.420 e. The lowest BCUT2D eigenvalue weighted by Gasteiger charge is -2.14. The molecule has 1 N–H and O–H groups in total. The summed E-state index contributed by atoms with van der Waals surface area (Å²) in [5.74, 6) is -0.779. The predicted molar refractivity (Wildman–Crippen MR) is 114 cm³/mol. The molecular formula is C23H24N4O3. The summed E-state index contributed by atoms with van der Waals surface area (Å²) in [6, 6.07) is 16.5. The average Bonchev–Trinajstić information content (AvgIpc) is 3.23. The zero-order valence-corrected chi connectivity index (χ0v) is 17.3. The minimum Gasteiger partial charge on any atom is -0.408 e. The zero-order valence-electron chi connectivity index (χ0n) is 17.3. The second-order valence-electron chi connectivity index (χ2n) is 7.50. The summed E-state index contributed by atoms with van der Waals surface area (Å²) < 4.78 is 8.58. The number of aromatic nitrogens is 3. The number of carbonyl (C=O) groups is 1. The van der Waals surface area contributed by atoms with Crippen LogP contribution in [0.15, 0.2) is 63.8 Å². The van der Waals surface area contributed by atoms with Crippen LogP contribution in [0.4, 0.5) is 0 Å². The Labute approximate surface area is 173 Å². The van der Waals surface area contributed by atoms with Gasteiger partial charge in [-0.2, -0.15) is 5.10 Å². The highest BCUT2D eigenvalue weighted by atomic mass is 16.4. The summed E-state index contributed by atoms with van der Waals surface area (Å²) in [5.41, 5.74) is 5.28. The lowest BCUT2D eigenvalue weighted by Crippen LogP contribution is -2.34. The Bertz CT molecular complexity index is 1260. The molecule has 2 aromatic heterocycles. The third-order valence-corrected chi connectivity index (χ3v) is 5.18. The van der Waals surface area contributed by atoms with E-state index in [9.17, 15) is 9.59 Å². The second kappa shape index (κ2) is 8.02. The highest BCUT2D eigenvalue weighted by Gasteiger charge is 2.21. The van der Waals surface area contributed by atoms with Gasteiger partial charge in [0.2, 0.25) is 5.91 Å². The Balaban J connectivity index is 1.45. The van der Waals surface area contributed by atoms with Crippen molar-refractivity contribution in [1.29, 1.82) is 0 Å². The molecule has 7 heteroatoms. The van der Waals surface area contributed by atoms with Crippen LogP contribution in [0.5, 0.6) is 0 Å². The number of benzene rings is 2. The molecule has 0 bridgehead atoms. The van der Waals surface area contributed by atoms with Crippen molar-refractivity contribution < 1.29 is 9.21 Å². The number of fused-ring (bicyclic) bond motifs is 1. The molecule has 0 aliphatic heterocycles. The topological polar surface area (TPSA) is 82.1 Å². The molecule has 0 fully saturated rings. The first-order chi connectivity index (χ1) is 14.4. The standard InChI is InChI=1S/C23H24N4O3/c1-15-11-16(2)26(25-15)14-19-8-6-7-18(12-19)13-24-22(28)17(3)27-20-9-4-5-10-21(20)30-23(27)29/h4-12,17H,13-14H2,1-3H3,(H,24,28). The molecule has 2 aromatic carbocycles. The minimum atomic E-state index is -0.681. The van der Waals surface area contributed by atoms with Gasteiger partial charge in [-0.25, -0.2) is 4.79 Å². The van der Waals surface area contributed by atoms with Crippen molar-refractivity contribution in [2.75, 3.05) is 0 Å². The van der Waals surface area contributed by atoms with Crippen LogP contribution in [0, 0.1) is 13.8 Å². The molecule has 0 saturated carbocycles. The summed E-state index contributed by atoms with van der Waals surface area (Å²) >= 11 is 0. The van der Waals surface area contributed by atoms with Crippen LogP contribution >= 0.6 is 0 Å². The summed E-state index contributed by atoms with van der Waals surface area (Å²) in [6.07, 6.45) is 0. The fourth-order valence-corrected chi connectivity index (χ4v) is 3.65. The average molecular weight is 404 g/mol. The number of aryl methyl sites for hydroxylation is 2. The van der Waals surface area contributed by atoms with Gasteiger partial charge in [0, 0.05) is 12.2 Å². The van der Waals surface area contributed by atoms with Gasteiger partial charge in [-0.05, 0) is 50.1 Å². The number of carbonyl (C=O) groups excluding carboxylic acids is 1. The van der Waals surface area contributed by atoms with Crippen molar-refractivity contribution in [3.05, 3.63) is 87.7 Å². The van der Waals surface area contributed by atoms with Crippen molar-refractivity contribution in [2.24, 2.45) is 0 Å². The maximum absolute atomic E-state index is 12.7. The fraction of sp³-hybridized carbons (Fsp3) is 0.261. The van der Waals surface area contributed by atoms with Crippen molar-refractivity contribution in [2.45, 2.75) is 39.9 Å². The number of oxazole rings is 1. The van der Waals surface area contributed by atoms with E-state index in [0.29, 0.717) is 24.2 Å². The van der Waals surface area contributed by atoms with E-state index in [1.165, 1.54) is 4.57 Å². The van der Waals surface area contributed by atoms with Crippen LogP contribution in [-0.2, 0) is 17.9 Å². The maximum Gasteiger partial charge on any atom is 0.420 e. The number of hydrogen-bond acceptors (Lipinski definition) is 4. The maximum atomic E-state index is 12.7. The quantitative estimate of drug-likeness (QED) is 0.534. The monoisotopic (exact) mass is 404 g/mol. The van der Waals surface area contributed by atoms with Crippen molar-refractivity contribution in [3.8, 4) is 0 Å². The van der Waals surface area contributed by atoms with E-state index in [1.54, 1.807) is 25.1 Å². The van der Waals surface area contributed by atoms with Crippen LogP contribution in [0.2, 0.25) is 0 Å². The Kier molecular flexibility index (Phi) is 5.27. The highest BCUT2D eigenvalue weighted by molar-refractivity contribution is 5.82. The first kappa shape index (κ1) is 19.7. The molecule has 1 unspecified atom stereocenters. The number of nitrogens with zero attached hydrogens (tertiary/aromatic N) is 3. The Morgan fingerprint density at radius 1 is 1.10 bits per heavy atom.